The molecule has 0 spiro atoms. The van der Waals surface area contributed by atoms with E-state index in [1.807, 2.05) is 0 Å². The lowest BCUT2D eigenvalue weighted by molar-refractivity contribution is -0.117. The van der Waals surface area contributed by atoms with Crippen molar-refractivity contribution in [2.45, 2.75) is 103 Å². The molecule has 200 valence electrons. The van der Waals surface area contributed by atoms with E-state index in [1.165, 1.54) is 37.7 Å². The minimum Gasteiger partial charge on any atom is -0.377 e. The topological polar surface area (TPSA) is 72.4 Å². The van der Waals surface area contributed by atoms with Gasteiger partial charge in [-0.25, -0.2) is 0 Å². The van der Waals surface area contributed by atoms with Crippen LogP contribution in [0.2, 0.25) is 0 Å². The zero-order chi connectivity index (χ0) is 26.5. The summed E-state index contributed by atoms with van der Waals surface area (Å²) in [6.07, 6.45) is 6.85. The van der Waals surface area contributed by atoms with Crippen LogP contribution in [0.4, 0.5) is 5.69 Å². The molecule has 3 heterocycles. The lowest BCUT2D eigenvalue weighted by atomic mass is 9.73. The van der Waals surface area contributed by atoms with Crippen LogP contribution in [0.25, 0.3) is 11.3 Å². The Morgan fingerprint density at radius 3 is 2.46 bits per heavy atom. The molecule has 1 saturated heterocycles. The SMILES string of the molecule is Cc1c(C(=O)NC2COC2)cc(-c2cc(C(C)(C)C)c3c(c2)C(C)(C)CC(=O)N3)n1CC1CCCCC1. The molecule has 5 rings (SSSR count). The Morgan fingerprint density at radius 1 is 1.14 bits per heavy atom. The first-order chi connectivity index (χ1) is 17.4. The number of hydrogen-bond acceptors (Lipinski definition) is 3. The normalized spacial score (nSPS) is 20.2. The highest BCUT2D eigenvalue weighted by atomic mass is 16.5. The third kappa shape index (κ3) is 5.09. The van der Waals surface area contributed by atoms with Crippen LogP contribution in [0.5, 0.6) is 0 Å². The van der Waals surface area contributed by atoms with Crippen molar-refractivity contribution in [3.8, 4) is 11.3 Å². The molecule has 1 saturated carbocycles. The number of nitrogens with one attached hydrogen (secondary N) is 2. The van der Waals surface area contributed by atoms with E-state index >= 15 is 0 Å². The van der Waals surface area contributed by atoms with E-state index in [-0.39, 0.29) is 28.7 Å². The number of aromatic nitrogens is 1. The van der Waals surface area contributed by atoms with Gasteiger partial charge in [0.15, 0.2) is 0 Å². The number of anilines is 1. The molecule has 3 aliphatic rings. The fraction of sp³-hybridized carbons (Fsp3) is 0.613. The molecule has 2 aromatic rings. The van der Waals surface area contributed by atoms with Crippen molar-refractivity contribution in [1.82, 2.24) is 9.88 Å². The van der Waals surface area contributed by atoms with Crippen molar-refractivity contribution in [3.05, 3.63) is 40.6 Å². The van der Waals surface area contributed by atoms with E-state index in [0.717, 1.165) is 40.3 Å². The standard InChI is InChI=1S/C31H43N3O3/c1-19-23(29(36)32-22-17-37-18-22)14-26(34(19)16-20-10-8-7-9-11-20)21-12-24(30(2,3)4)28-25(13-21)31(5,6)15-27(35)33-28/h12-14,20,22H,7-11,15-18H2,1-6H3,(H,32,36)(H,33,35). The van der Waals surface area contributed by atoms with E-state index in [2.05, 4.69) is 74.9 Å². The molecule has 2 aliphatic heterocycles. The molecule has 0 bridgehead atoms. The molecule has 2 fully saturated rings. The molecule has 0 radical (unpaired) electrons. The van der Waals surface area contributed by atoms with E-state index < -0.39 is 0 Å². The second-order valence-corrected chi connectivity index (χ2v) is 13.2. The van der Waals surface area contributed by atoms with E-state index in [4.69, 9.17) is 4.74 Å². The molecule has 1 aromatic carbocycles. The number of fused-ring (bicyclic) bond motifs is 1. The van der Waals surface area contributed by atoms with Crippen molar-refractivity contribution in [3.63, 3.8) is 0 Å². The fourth-order valence-electron chi connectivity index (χ4n) is 6.29. The second-order valence-electron chi connectivity index (χ2n) is 13.2. The summed E-state index contributed by atoms with van der Waals surface area (Å²) in [6.45, 7) is 15.1. The minimum absolute atomic E-state index is 0.0176. The average molecular weight is 506 g/mol. The van der Waals surface area contributed by atoms with Crippen LogP contribution in [-0.4, -0.2) is 35.6 Å². The van der Waals surface area contributed by atoms with Gasteiger partial charge >= 0.3 is 0 Å². The summed E-state index contributed by atoms with van der Waals surface area (Å²) in [7, 11) is 0. The highest BCUT2D eigenvalue weighted by molar-refractivity contribution is 5.99. The van der Waals surface area contributed by atoms with Crippen LogP contribution < -0.4 is 10.6 Å². The van der Waals surface area contributed by atoms with E-state index in [9.17, 15) is 9.59 Å². The molecule has 0 unspecified atom stereocenters. The van der Waals surface area contributed by atoms with Crippen LogP contribution in [0.3, 0.4) is 0 Å². The number of amides is 2. The van der Waals surface area contributed by atoms with Crippen LogP contribution >= 0.6 is 0 Å². The predicted molar refractivity (Wildman–Crippen MR) is 148 cm³/mol. The van der Waals surface area contributed by atoms with Crippen LogP contribution in [0.1, 0.15) is 100 Å². The maximum Gasteiger partial charge on any atom is 0.253 e. The fourth-order valence-corrected chi connectivity index (χ4v) is 6.29. The summed E-state index contributed by atoms with van der Waals surface area (Å²) in [5.74, 6) is 0.687. The van der Waals surface area contributed by atoms with Gasteiger partial charge in [0.25, 0.3) is 5.91 Å². The second kappa shape index (κ2) is 9.61. The van der Waals surface area contributed by atoms with Gasteiger partial charge in [0.1, 0.15) is 0 Å². The summed E-state index contributed by atoms with van der Waals surface area (Å²) < 4.78 is 7.67. The Labute approximate surface area is 221 Å². The van der Waals surface area contributed by atoms with Crippen molar-refractivity contribution < 1.29 is 14.3 Å². The van der Waals surface area contributed by atoms with E-state index in [0.29, 0.717) is 25.6 Å². The maximum atomic E-state index is 13.3. The van der Waals surface area contributed by atoms with Gasteiger partial charge in [0.2, 0.25) is 5.91 Å². The molecule has 6 heteroatoms. The quantitative estimate of drug-likeness (QED) is 0.517. The summed E-state index contributed by atoms with van der Waals surface area (Å²) >= 11 is 0. The first kappa shape index (κ1) is 26.0. The number of benzene rings is 1. The monoisotopic (exact) mass is 505 g/mol. The summed E-state index contributed by atoms with van der Waals surface area (Å²) in [5, 5.41) is 6.35. The van der Waals surface area contributed by atoms with Crippen molar-refractivity contribution in [2.24, 2.45) is 5.92 Å². The summed E-state index contributed by atoms with van der Waals surface area (Å²) in [6, 6.07) is 6.69. The smallest absolute Gasteiger partial charge is 0.253 e. The van der Waals surface area contributed by atoms with Gasteiger partial charge in [-0.05, 0) is 66.0 Å². The Bertz CT molecular complexity index is 1190. The predicted octanol–water partition coefficient (Wildman–Crippen LogP) is 6.09. The number of carbonyl (C=O) groups excluding carboxylic acids is 2. The van der Waals surface area contributed by atoms with Gasteiger partial charge in [-0.15, -0.1) is 0 Å². The number of ether oxygens (including phenoxy) is 1. The number of hydrogen-bond donors (Lipinski definition) is 2. The Hall–Kier alpha value is -2.60. The van der Waals surface area contributed by atoms with Gasteiger partial charge < -0.3 is 19.9 Å². The molecule has 37 heavy (non-hydrogen) atoms. The van der Waals surface area contributed by atoms with Gasteiger partial charge in [0, 0.05) is 35.5 Å². The van der Waals surface area contributed by atoms with Crippen LogP contribution in [-0.2, 0) is 26.9 Å². The Morgan fingerprint density at radius 2 is 1.84 bits per heavy atom. The summed E-state index contributed by atoms with van der Waals surface area (Å²) in [4.78, 5) is 26.0. The number of nitrogens with zero attached hydrogens (tertiary/aromatic N) is 1. The third-order valence-corrected chi connectivity index (χ3v) is 8.59. The lowest BCUT2D eigenvalue weighted by Crippen LogP contribution is -2.48. The molecule has 1 aliphatic carbocycles. The Kier molecular flexibility index (Phi) is 6.76. The van der Waals surface area contributed by atoms with Crippen molar-refractivity contribution >= 4 is 17.5 Å². The average Bonchev–Trinajstić information content (AvgIpc) is 3.11. The molecule has 2 amide bonds. The molecule has 0 atom stereocenters. The largest absolute Gasteiger partial charge is 0.377 e. The summed E-state index contributed by atoms with van der Waals surface area (Å²) in [5.41, 5.74) is 6.85. The van der Waals surface area contributed by atoms with E-state index in [1.54, 1.807) is 0 Å². The van der Waals surface area contributed by atoms with Gasteiger partial charge in [-0.1, -0.05) is 53.9 Å². The molecular formula is C31H43N3O3. The van der Waals surface area contributed by atoms with Crippen molar-refractivity contribution in [2.75, 3.05) is 18.5 Å². The van der Waals surface area contributed by atoms with Crippen molar-refractivity contribution in [1.29, 1.82) is 0 Å². The maximum absolute atomic E-state index is 13.3. The highest BCUT2D eigenvalue weighted by Crippen LogP contribution is 2.45. The van der Waals surface area contributed by atoms with Crippen LogP contribution in [0, 0.1) is 12.8 Å². The third-order valence-electron chi connectivity index (χ3n) is 8.59. The minimum atomic E-state index is -0.270. The molecule has 6 nitrogen and oxygen atoms in total. The molecule has 1 aromatic heterocycles. The lowest BCUT2D eigenvalue weighted by Gasteiger charge is -2.37. The van der Waals surface area contributed by atoms with Gasteiger partial charge in [-0.3, -0.25) is 9.59 Å². The molecule has 2 N–H and O–H groups in total. The molecular weight excluding hydrogens is 462 g/mol. The van der Waals surface area contributed by atoms with Gasteiger partial charge in [0.05, 0.1) is 24.8 Å². The number of carbonyl (C=O) groups is 2. The zero-order valence-corrected chi connectivity index (χ0v) is 23.4. The Balaban J connectivity index is 1.65. The highest BCUT2D eigenvalue weighted by Gasteiger charge is 2.36. The van der Waals surface area contributed by atoms with Gasteiger partial charge in [-0.2, -0.15) is 0 Å². The first-order valence-corrected chi connectivity index (χ1v) is 14.0. The first-order valence-electron chi connectivity index (χ1n) is 14.0. The van der Waals surface area contributed by atoms with Crippen LogP contribution in [0.15, 0.2) is 18.2 Å². The number of rotatable bonds is 5. The zero-order valence-electron chi connectivity index (χ0n) is 23.4.